The Kier molecular flexibility index (Phi) is 2.26. The molecule has 1 fully saturated rings. The number of carbonyl (C=O) groups excluding carboxylic acids is 1. The van der Waals surface area contributed by atoms with Crippen LogP contribution in [0.15, 0.2) is 12.1 Å². The fourth-order valence-corrected chi connectivity index (χ4v) is 1.34. The molecule has 1 saturated heterocycles. The summed E-state index contributed by atoms with van der Waals surface area (Å²) in [5.74, 6) is -4.10. The molecule has 6 heteroatoms. The highest BCUT2D eigenvalue weighted by molar-refractivity contribution is 5.70. The number of rotatable bonds is 1. The molecule has 15 heavy (non-hydrogen) atoms. The van der Waals surface area contributed by atoms with Gasteiger partial charge in [-0.25, -0.2) is 18.0 Å². The molecule has 0 bridgehead atoms. The van der Waals surface area contributed by atoms with Crippen LogP contribution in [-0.2, 0) is 4.74 Å². The summed E-state index contributed by atoms with van der Waals surface area (Å²) in [6.07, 6.45) is -0.662. The third-order valence-electron chi connectivity index (χ3n) is 2.08. The van der Waals surface area contributed by atoms with Gasteiger partial charge in [-0.3, -0.25) is 0 Å². The van der Waals surface area contributed by atoms with Gasteiger partial charge in [-0.15, -0.1) is 0 Å². The summed E-state index contributed by atoms with van der Waals surface area (Å²) in [7, 11) is 0. The zero-order valence-corrected chi connectivity index (χ0v) is 7.39. The van der Waals surface area contributed by atoms with Crippen LogP contribution < -0.4 is 5.32 Å². The van der Waals surface area contributed by atoms with E-state index in [1.54, 1.807) is 0 Å². The standard InChI is InChI=1S/C9H6F3NO2/c10-5-1-4(2-6(11)8(5)12)7-3-15-9(14)13-7/h1-2,7H,3H2,(H,13,14)/t7-/m0/s1. The van der Waals surface area contributed by atoms with Crippen LogP contribution in [0.4, 0.5) is 18.0 Å². The molecule has 1 heterocycles. The topological polar surface area (TPSA) is 38.3 Å². The highest BCUT2D eigenvalue weighted by Gasteiger charge is 2.25. The number of ether oxygens (including phenoxy) is 1. The lowest BCUT2D eigenvalue weighted by molar-refractivity contribution is 0.177. The predicted octanol–water partition coefficient (Wildman–Crippen LogP) is 1.88. The molecular weight excluding hydrogens is 211 g/mol. The summed E-state index contributed by atoms with van der Waals surface area (Å²) in [6.45, 7) is -0.0245. The van der Waals surface area contributed by atoms with E-state index in [9.17, 15) is 18.0 Å². The second kappa shape index (κ2) is 3.45. The van der Waals surface area contributed by atoms with Gasteiger partial charge in [0.1, 0.15) is 6.61 Å². The van der Waals surface area contributed by atoms with Crippen LogP contribution in [0.5, 0.6) is 0 Å². The number of cyclic esters (lactones) is 1. The molecule has 1 aliphatic heterocycles. The minimum Gasteiger partial charge on any atom is -0.447 e. The second-order valence-corrected chi connectivity index (χ2v) is 3.09. The van der Waals surface area contributed by atoms with Crippen LogP contribution in [0.2, 0.25) is 0 Å². The van der Waals surface area contributed by atoms with Crippen molar-refractivity contribution in [2.75, 3.05) is 6.61 Å². The molecule has 0 aliphatic carbocycles. The van der Waals surface area contributed by atoms with Gasteiger partial charge in [0.05, 0.1) is 6.04 Å². The van der Waals surface area contributed by atoms with Crippen molar-refractivity contribution in [3.8, 4) is 0 Å². The maximum Gasteiger partial charge on any atom is 0.407 e. The van der Waals surface area contributed by atoms with E-state index in [1.807, 2.05) is 0 Å². The molecule has 0 radical (unpaired) electrons. The summed E-state index contributed by atoms with van der Waals surface area (Å²) < 4.78 is 42.8. The molecule has 3 nitrogen and oxygen atoms in total. The molecule has 1 atom stereocenters. The van der Waals surface area contributed by atoms with Crippen molar-refractivity contribution in [3.05, 3.63) is 35.1 Å². The Morgan fingerprint density at radius 3 is 2.33 bits per heavy atom. The summed E-state index contributed by atoms with van der Waals surface area (Å²) in [4.78, 5) is 10.7. The van der Waals surface area contributed by atoms with Gasteiger partial charge in [-0.2, -0.15) is 0 Å². The molecule has 2 rings (SSSR count). The van der Waals surface area contributed by atoms with Crippen molar-refractivity contribution in [3.63, 3.8) is 0 Å². The van der Waals surface area contributed by atoms with E-state index in [-0.39, 0.29) is 12.2 Å². The fourth-order valence-electron chi connectivity index (χ4n) is 1.34. The molecule has 0 aromatic heterocycles. The summed E-state index contributed by atoms with van der Waals surface area (Å²) in [6, 6.07) is 1.03. The van der Waals surface area contributed by atoms with E-state index in [1.165, 1.54) is 0 Å². The average molecular weight is 217 g/mol. The first-order valence-corrected chi connectivity index (χ1v) is 4.15. The van der Waals surface area contributed by atoms with Crippen molar-refractivity contribution in [2.24, 2.45) is 0 Å². The number of hydrogen-bond acceptors (Lipinski definition) is 2. The molecule has 0 spiro atoms. The van der Waals surface area contributed by atoms with Crippen molar-refractivity contribution in [1.29, 1.82) is 0 Å². The molecule has 1 aliphatic rings. The third-order valence-corrected chi connectivity index (χ3v) is 2.08. The van der Waals surface area contributed by atoms with Crippen molar-refractivity contribution in [2.45, 2.75) is 6.04 Å². The molecule has 1 aromatic rings. The Morgan fingerprint density at radius 2 is 1.87 bits per heavy atom. The number of nitrogens with one attached hydrogen (secondary N) is 1. The number of benzene rings is 1. The predicted molar refractivity (Wildman–Crippen MR) is 43.5 cm³/mol. The second-order valence-electron chi connectivity index (χ2n) is 3.09. The SMILES string of the molecule is O=C1N[C@H](c2cc(F)c(F)c(F)c2)CO1. The van der Waals surface area contributed by atoms with E-state index in [4.69, 9.17) is 0 Å². The van der Waals surface area contributed by atoms with E-state index in [2.05, 4.69) is 10.1 Å². The van der Waals surface area contributed by atoms with Gasteiger partial charge in [0.2, 0.25) is 0 Å². The van der Waals surface area contributed by atoms with Gasteiger partial charge in [0.25, 0.3) is 0 Å². The van der Waals surface area contributed by atoms with E-state index in [0.717, 1.165) is 12.1 Å². The van der Waals surface area contributed by atoms with Crippen LogP contribution in [0, 0.1) is 17.5 Å². The van der Waals surface area contributed by atoms with Gasteiger partial charge in [-0.1, -0.05) is 0 Å². The van der Waals surface area contributed by atoms with Gasteiger partial charge >= 0.3 is 6.09 Å². The minimum absolute atomic E-state index is 0.0245. The van der Waals surface area contributed by atoms with Crippen LogP contribution in [-0.4, -0.2) is 12.7 Å². The average Bonchev–Trinajstić information content (AvgIpc) is 2.60. The fraction of sp³-hybridized carbons (Fsp3) is 0.222. The highest BCUT2D eigenvalue weighted by Crippen LogP contribution is 2.22. The third kappa shape index (κ3) is 1.74. The Hall–Kier alpha value is -1.72. The number of alkyl carbamates (subject to hydrolysis) is 1. The number of carbonyl (C=O) groups is 1. The Balaban J connectivity index is 2.33. The first kappa shape index (κ1) is 9.82. The van der Waals surface area contributed by atoms with E-state index in [0.29, 0.717) is 0 Å². The molecule has 0 saturated carbocycles. The van der Waals surface area contributed by atoms with Gasteiger partial charge in [0, 0.05) is 0 Å². The molecule has 1 N–H and O–H groups in total. The Labute approximate surface area is 82.8 Å². The van der Waals surface area contributed by atoms with Crippen LogP contribution in [0.3, 0.4) is 0 Å². The zero-order chi connectivity index (χ0) is 11.0. The maximum absolute atomic E-state index is 12.8. The summed E-state index contributed by atoms with van der Waals surface area (Å²) in [5, 5.41) is 2.33. The first-order valence-electron chi connectivity index (χ1n) is 4.15. The van der Waals surface area contributed by atoms with Gasteiger partial charge < -0.3 is 10.1 Å². The zero-order valence-electron chi connectivity index (χ0n) is 7.39. The number of hydrogen-bond donors (Lipinski definition) is 1. The largest absolute Gasteiger partial charge is 0.447 e. The smallest absolute Gasteiger partial charge is 0.407 e. The van der Waals surface area contributed by atoms with E-state index < -0.39 is 29.6 Å². The van der Waals surface area contributed by atoms with Crippen molar-refractivity contribution < 1.29 is 22.7 Å². The van der Waals surface area contributed by atoms with Gasteiger partial charge in [-0.05, 0) is 17.7 Å². The molecule has 1 amide bonds. The lowest BCUT2D eigenvalue weighted by Crippen LogP contribution is -2.18. The maximum atomic E-state index is 12.8. The van der Waals surface area contributed by atoms with Crippen LogP contribution in [0.25, 0.3) is 0 Å². The number of amides is 1. The highest BCUT2D eigenvalue weighted by atomic mass is 19.2. The molecule has 0 unspecified atom stereocenters. The van der Waals surface area contributed by atoms with Gasteiger partial charge in [0.15, 0.2) is 17.5 Å². The van der Waals surface area contributed by atoms with Crippen LogP contribution >= 0.6 is 0 Å². The minimum atomic E-state index is -1.52. The quantitative estimate of drug-likeness (QED) is 0.729. The summed E-state index contributed by atoms with van der Waals surface area (Å²) in [5.41, 5.74) is 0.136. The van der Waals surface area contributed by atoms with E-state index >= 15 is 0 Å². The number of halogens is 3. The lowest BCUT2D eigenvalue weighted by Gasteiger charge is -2.08. The molecule has 1 aromatic carbocycles. The molecule has 80 valence electrons. The molecular formula is C9H6F3NO2. The summed E-state index contributed by atoms with van der Waals surface area (Å²) >= 11 is 0. The van der Waals surface area contributed by atoms with Crippen LogP contribution in [0.1, 0.15) is 11.6 Å². The van der Waals surface area contributed by atoms with Crippen molar-refractivity contribution >= 4 is 6.09 Å². The van der Waals surface area contributed by atoms with Crippen molar-refractivity contribution in [1.82, 2.24) is 5.32 Å². The Morgan fingerprint density at radius 1 is 1.27 bits per heavy atom. The normalized spacial score (nSPS) is 19.9. The first-order chi connectivity index (χ1) is 7.08. The lowest BCUT2D eigenvalue weighted by atomic mass is 10.1. The monoisotopic (exact) mass is 217 g/mol. The Bertz CT molecular complexity index is 399.